The Morgan fingerprint density at radius 3 is 2.89 bits per heavy atom. The fourth-order valence-electron chi connectivity index (χ4n) is 1.50. The molecule has 18 heavy (non-hydrogen) atoms. The van der Waals surface area contributed by atoms with Crippen LogP contribution in [0.1, 0.15) is 11.1 Å². The summed E-state index contributed by atoms with van der Waals surface area (Å²) in [6, 6.07) is 4.41. The molecule has 0 aliphatic heterocycles. The first-order valence-electron chi connectivity index (χ1n) is 5.26. The minimum absolute atomic E-state index is 0.0336. The molecule has 0 aliphatic carbocycles. The largest absolute Gasteiger partial charge is 0.489 e. The second-order valence-electron chi connectivity index (χ2n) is 3.82. The number of benzene rings is 1. The van der Waals surface area contributed by atoms with Crippen LogP contribution < -0.4 is 10.5 Å². The van der Waals surface area contributed by atoms with Crippen molar-refractivity contribution in [3.05, 3.63) is 47.5 Å². The molecule has 0 amide bonds. The molecule has 0 radical (unpaired) electrons. The first kappa shape index (κ1) is 12.5. The maximum atomic E-state index is 13.6. The molecule has 0 fully saturated rings. The van der Waals surface area contributed by atoms with Gasteiger partial charge in [-0.2, -0.15) is 5.10 Å². The summed E-state index contributed by atoms with van der Waals surface area (Å²) in [7, 11) is 1.82. The molecular formula is C12H12FN3OS. The van der Waals surface area contributed by atoms with Gasteiger partial charge < -0.3 is 10.5 Å². The normalized spacial score (nSPS) is 10.3. The number of nitrogens with zero attached hydrogens (tertiary/aromatic N) is 2. The molecule has 1 aromatic heterocycles. The van der Waals surface area contributed by atoms with Gasteiger partial charge in [0.05, 0.1) is 6.20 Å². The van der Waals surface area contributed by atoms with Crippen LogP contribution in [0.2, 0.25) is 0 Å². The Kier molecular flexibility index (Phi) is 3.57. The summed E-state index contributed by atoms with van der Waals surface area (Å²) < 4.78 is 20.7. The Balaban J connectivity index is 2.06. The molecule has 0 atom stereocenters. The lowest BCUT2D eigenvalue weighted by Gasteiger charge is -2.06. The van der Waals surface area contributed by atoms with E-state index < -0.39 is 5.82 Å². The van der Waals surface area contributed by atoms with E-state index in [9.17, 15) is 4.39 Å². The van der Waals surface area contributed by atoms with E-state index in [-0.39, 0.29) is 10.6 Å². The SMILES string of the molecule is Cn1cc(COc2ccc(C(N)=S)c(F)c2)cn1. The highest BCUT2D eigenvalue weighted by molar-refractivity contribution is 7.80. The van der Waals surface area contributed by atoms with Gasteiger partial charge in [-0.3, -0.25) is 4.68 Å². The lowest BCUT2D eigenvalue weighted by molar-refractivity contribution is 0.304. The molecule has 0 bridgehead atoms. The predicted octanol–water partition coefficient (Wildman–Crippen LogP) is 1.77. The summed E-state index contributed by atoms with van der Waals surface area (Å²) in [6.07, 6.45) is 3.53. The topological polar surface area (TPSA) is 53.1 Å². The van der Waals surface area contributed by atoms with Crippen LogP contribution >= 0.6 is 12.2 Å². The molecule has 0 saturated heterocycles. The minimum Gasteiger partial charge on any atom is -0.489 e. The van der Waals surface area contributed by atoms with Crippen LogP contribution in [-0.2, 0) is 13.7 Å². The van der Waals surface area contributed by atoms with Crippen LogP contribution in [0.15, 0.2) is 30.6 Å². The summed E-state index contributed by atoms with van der Waals surface area (Å²) in [5.74, 6) is -0.0532. The van der Waals surface area contributed by atoms with Crippen molar-refractivity contribution in [1.82, 2.24) is 9.78 Å². The second kappa shape index (κ2) is 5.14. The van der Waals surface area contributed by atoms with E-state index in [0.717, 1.165) is 5.56 Å². The maximum absolute atomic E-state index is 13.6. The molecular weight excluding hydrogens is 253 g/mol. The van der Waals surface area contributed by atoms with Gasteiger partial charge in [-0.1, -0.05) is 12.2 Å². The summed E-state index contributed by atoms with van der Waals surface area (Å²) in [5, 5.41) is 4.01. The Morgan fingerprint density at radius 1 is 1.56 bits per heavy atom. The summed E-state index contributed by atoms with van der Waals surface area (Å²) in [6.45, 7) is 0.333. The Morgan fingerprint density at radius 2 is 2.33 bits per heavy atom. The molecule has 6 heteroatoms. The van der Waals surface area contributed by atoms with Crippen LogP contribution in [0.25, 0.3) is 0 Å². The van der Waals surface area contributed by atoms with E-state index in [0.29, 0.717) is 12.4 Å². The van der Waals surface area contributed by atoms with Crippen molar-refractivity contribution >= 4 is 17.2 Å². The third-order valence-electron chi connectivity index (χ3n) is 2.37. The van der Waals surface area contributed by atoms with Crippen LogP contribution in [0.4, 0.5) is 4.39 Å². The number of aryl methyl sites for hydroxylation is 1. The Hall–Kier alpha value is -1.95. The van der Waals surface area contributed by atoms with Crippen molar-refractivity contribution in [2.24, 2.45) is 12.8 Å². The zero-order valence-electron chi connectivity index (χ0n) is 9.76. The molecule has 2 rings (SSSR count). The number of hydrogen-bond acceptors (Lipinski definition) is 3. The van der Waals surface area contributed by atoms with Crippen LogP contribution in [0.3, 0.4) is 0 Å². The van der Waals surface area contributed by atoms with E-state index in [4.69, 9.17) is 22.7 Å². The fraction of sp³-hybridized carbons (Fsp3) is 0.167. The van der Waals surface area contributed by atoms with Gasteiger partial charge >= 0.3 is 0 Å². The third kappa shape index (κ3) is 2.84. The van der Waals surface area contributed by atoms with Gasteiger partial charge in [0.1, 0.15) is 23.2 Å². The first-order chi connectivity index (χ1) is 8.56. The quantitative estimate of drug-likeness (QED) is 0.856. The molecule has 1 heterocycles. The van der Waals surface area contributed by atoms with E-state index >= 15 is 0 Å². The highest BCUT2D eigenvalue weighted by Crippen LogP contribution is 2.17. The summed E-state index contributed by atoms with van der Waals surface area (Å²) in [4.78, 5) is 0.0336. The maximum Gasteiger partial charge on any atom is 0.137 e. The van der Waals surface area contributed by atoms with Gasteiger partial charge in [-0.15, -0.1) is 0 Å². The number of hydrogen-bond donors (Lipinski definition) is 1. The molecule has 0 aliphatic rings. The molecule has 94 valence electrons. The zero-order chi connectivity index (χ0) is 13.1. The van der Waals surface area contributed by atoms with Crippen molar-refractivity contribution in [2.75, 3.05) is 0 Å². The van der Waals surface area contributed by atoms with Crippen molar-refractivity contribution < 1.29 is 9.13 Å². The van der Waals surface area contributed by atoms with E-state index in [1.165, 1.54) is 12.1 Å². The van der Waals surface area contributed by atoms with Crippen molar-refractivity contribution in [2.45, 2.75) is 6.61 Å². The molecule has 1 aromatic carbocycles. The first-order valence-corrected chi connectivity index (χ1v) is 5.67. The second-order valence-corrected chi connectivity index (χ2v) is 4.26. The smallest absolute Gasteiger partial charge is 0.137 e. The van der Waals surface area contributed by atoms with Crippen LogP contribution in [-0.4, -0.2) is 14.8 Å². The van der Waals surface area contributed by atoms with Gasteiger partial charge in [0.2, 0.25) is 0 Å². The molecule has 0 saturated carbocycles. The highest BCUT2D eigenvalue weighted by atomic mass is 32.1. The zero-order valence-corrected chi connectivity index (χ0v) is 10.6. The number of rotatable bonds is 4. The molecule has 0 spiro atoms. The number of thiocarbonyl (C=S) groups is 1. The van der Waals surface area contributed by atoms with Crippen LogP contribution in [0.5, 0.6) is 5.75 Å². The minimum atomic E-state index is -0.480. The van der Waals surface area contributed by atoms with E-state index in [1.807, 2.05) is 13.2 Å². The highest BCUT2D eigenvalue weighted by Gasteiger charge is 2.07. The number of aromatic nitrogens is 2. The summed E-state index contributed by atoms with van der Waals surface area (Å²) >= 11 is 4.72. The molecule has 4 nitrogen and oxygen atoms in total. The van der Waals surface area contributed by atoms with Crippen molar-refractivity contribution in [3.8, 4) is 5.75 Å². The molecule has 2 aromatic rings. The van der Waals surface area contributed by atoms with Crippen molar-refractivity contribution in [1.29, 1.82) is 0 Å². The lowest BCUT2D eigenvalue weighted by atomic mass is 10.2. The van der Waals surface area contributed by atoms with Crippen molar-refractivity contribution in [3.63, 3.8) is 0 Å². The Labute approximate surface area is 109 Å². The number of ether oxygens (including phenoxy) is 1. The van der Waals surface area contributed by atoms with Gasteiger partial charge in [-0.05, 0) is 12.1 Å². The number of nitrogens with two attached hydrogens (primary N) is 1. The monoisotopic (exact) mass is 265 g/mol. The Bertz CT molecular complexity index is 582. The van der Waals surface area contributed by atoms with E-state index in [1.54, 1.807) is 16.9 Å². The van der Waals surface area contributed by atoms with Gasteiger partial charge in [0.15, 0.2) is 0 Å². The van der Waals surface area contributed by atoms with E-state index in [2.05, 4.69) is 5.10 Å². The average molecular weight is 265 g/mol. The molecule has 0 unspecified atom stereocenters. The number of halogens is 1. The lowest BCUT2D eigenvalue weighted by Crippen LogP contribution is -2.11. The fourth-order valence-corrected chi connectivity index (χ4v) is 1.66. The standard InChI is InChI=1S/C12H12FN3OS/c1-16-6-8(5-15-16)7-17-9-2-3-10(12(14)18)11(13)4-9/h2-6H,7H2,1H3,(H2,14,18). The van der Waals surface area contributed by atoms with Gasteiger partial charge in [-0.25, -0.2) is 4.39 Å². The summed E-state index contributed by atoms with van der Waals surface area (Å²) in [5.41, 5.74) is 6.51. The van der Waals surface area contributed by atoms with Crippen LogP contribution in [0, 0.1) is 5.82 Å². The van der Waals surface area contributed by atoms with Gasteiger partial charge in [0.25, 0.3) is 0 Å². The third-order valence-corrected chi connectivity index (χ3v) is 2.59. The van der Waals surface area contributed by atoms with Gasteiger partial charge in [0, 0.05) is 30.4 Å². The average Bonchev–Trinajstić information content (AvgIpc) is 2.72. The molecule has 2 N–H and O–H groups in total. The predicted molar refractivity (Wildman–Crippen MR) is 69.8 cm³/mol.